The van der Waals surface area contributed by atoms with Crippen LogP contribution >= 0.6 is 0 Å². The zero-order valence-electron chi connectivity index (χ0n) is 10.5. The lowest BCUT2D eigenvalue weighted by molar-refractivity contribution is 0.150. The first-order valence-electron chi connectivity index (χ1n) is 5.81. The van der Waals surface area contributed by atoms with Crippen LogP contribution in [-0.4, -0.2) is 14.9 Å². The molecule has 2 aromatic rings. The Labute approximate surface area is 102 Å². The van der Waals surface area contributed by atoms with Crippen LogP contribution in [0.4, 0.5) is 0 Å². The van der Waals surface area contributed by atoms with Gasteiger partial charge in [-0.1, -0.05) is 18.2 Å². The lowest BCUT2D eigenvalue weighted by Crippen LogP contribution is -2.11. The molecule has 0 saturated heterocycles. The minimum absolute atomic E-state index is 0.501. The molecule has 1 aromatic carbocycles. The normalized spacial score (nSPS) is 12.7. The van der Waals surface area contributed by atoms with Gasteiger partial charge in [-0.3, -0.25) is 4.68 Å². The molecule has 0 fully saturated rings. The number of hydrogen-bond acceptors (Lipinski definition) is 2. The van der Waals surface area contributed by atoms with Crippen LogP contribution in [0.2, 0.25) is 0 Å². The standard InChI is InChI=1S/C14H18N2O/c1-10-4-5-13(8-11(10)2)14(17)9-16-12(3)6-7-15-16/h4-8,14,17H,9H2,1-3H3. The molecule has 90 valence electrons. The van der Waals surface area contributed by atoms with Gasteiger partial charge in [0, 0.05) is 11.9 Å². The molecule has 1 aromatic heterocycles. The van der Waals surface area contributed by atoms with Crippen LogP contribution in [0, 0.1) is 20.8 Å². The molecule has 17 heavy (non-hydrogen) atoms. The number of nitrogens with zero attached hydrogens (tertiary/aromatic N) is 2. The molecular weight excluding hydrogens is 212 g/mol. The SMILES string of the molecule is Cc1ccc(C(O)Cn2nccc2C)cc1C. The van der Waals surface area contributed by atoms with Crippen molar-refractivity contribution in [2.75, 3.05) is 0 Å². The maximum Gasteiger partial charge on any atom is 0.0986 e. The number of hydrogen-bond donors (Lipinski definition) is 1. The van der Waals surface area contributed by atoms with E-state index in [9.17, 15) is 5.11 Å². The van der Waals surface area contributed by atoms with Crippen molar-refractivity contribution in [2.45, 2.75) is 33.4 Å². The van der Waals surface area contributed by atoms with Crippen molar-refractivity contribution in [3.8, 4) is 0 Å². The second-order valence-corrected chi connectivity index (χ2v) is 4.51. The molecule has 0 amide bonds. The number of aromatic nitrogens is 2. The first-order chi connectivity index (χ1) is 8.08. The molecule has 0 aliphatic heterocycles. The Hall–Kier alpha value is -1.61. The highest BCUT2D eigenvalue weighted by atomic mass is 16.3. The van der Waals surface area contributed by atoms with Crippen molar-refractivity contribution in [3.63, 3.8) is 0 Å². The van der Waals surface area contributed by atoms with E-state index in [2.05, 4.69) is 18.9 Å². The van der Waals surface area contributed by atoms with Gasteiger partial charge in [0.15, 0.2) is 0 Å². The fourth-order valence-corrected chi connectivity index (χ4v) is 1.83. The van der Waals surface area contributed by atoms with Crippen LogP contribution in [0.3, 0.4) is 0 Å². The summed E-state index contributed by atoms with van der Waals surface area (Å²) in [4.78, 5) is 0. The van der Waals surface area contributed by atoms with Gasteiger partial charge in [-0.25, -0.2) is 0 Å². The third kappa shape index (κ3) is 2.56. The van der Waals surface area contributed by atoms with Gasteiger partial charge >= 0.3 is 0 Å². The summed E-state index contributed by atoms with van der Waals surface area (Å²) in [6.45, 7) is 6.62. The van der Waals surface area contributed by atoms with Crippen molar-refractivity contribution in [2.24, 2.45) is 0 Å². The van der Waals surface area contributed by atoms with E-state index in [1.165, 1.54) is 11.1 Å². The van der Waals surface area contributed by atoms with E-state index < -0.39 is 6.10 Å². The first-order valence-corrected chi connectivity index (χ1v) is 5.81. The second-order valence-electron chi connectivity index (χ2n) is 4.51. The molecule has 1 unspecified atom stereocenters. The van der Waals surface area contributed by atoms with Crippen LogP contribution in [0.1, 0.15) is 28.5 Å². The third-order valence-electron chi connectivity index (χ3n) is 3.19. The average molecular weight is 230 g/mol. The molecule has 0 aliphatic rings. The summed E-state index contributed by atoms with van der Waals surface area (Å²) in [5, 5.41) is 14.3. The van der Waals surface area contributed by atoms with E-state index in [-0.39, 0.29) is 0 Å². The predicted octanol–water partition coefficient (Wildman–Crippen LogP) is 2.54. The molecule has 0 bridgehead atoms. The van der Waals surface area contributed by atoms with Gasteiger partial charge < -0.3 is 5.11 Å². The maximum atomic E-state index is 10.2. The van der Waals surface area contributed by atoms with Crippen molar-refractivity contribution in [1.82, 2.24) is 9.78 Å². The third-order valence-corrected chi connectivity index (χ3v) is 3.19. The van der Waals surface area contributed by atoms with Crippen LogP contribution in [0.25, 0.3) is 0 Å². The van der Waals surface area contributed by atoms with Gasteiger partial charge in [-0.05, 0) is 43.5 Å². The van der Waals surface area contributed by atoms with Gasteiger partial charge in [-0.15, -0.1) is 0 Å². The zero-order chi connectivity index (χ0) is 12.4. The Bertz CT molecular complexity index is 517. The minimum atomic E-state index is -0.507. The second kappa shape index (κ2) is 4.72. The molecule has 0 radical (unpaired) electrons. The van der Waals surface area contributed by atoms with E-state index in [1.807, 2.05) is 35.9 Å². The number of aliphatic hydroxyl groups is 1. The smallest absolute Gasteiger partial charge is 0.0986 e. The molecule has 2 rings (SSSR count). The molecule has 3 nitrogen and oxygen atoms in total. The van der Waals surface area contributed by atoms with Gasteiger partial charge in [0.25, 0.3) is 0 Å². The average Bonchev–Trinajstić information content (AvgIpc) is 2.68. The highest BCUT2D eigenvalue weighted by Crippen LogP contribution is 2.18. The summed E-state index contributed by atoms with van der Waals surface area (Å²) in [6.07, 6.45) is 1.25. The van der Waals surface area contributed by atoms with Crippen molar-refractivity contribution < 1.29 is 5.11 Å². The molecule has 0 spiro atoms. The highest BCUT2D eigenvalue weighted by molar-refractivity contribution is 5.31. The summed E-state index contributed by atoms with van der Waals surface area (Å²) in [5.74, 6) is 0. The number of rotatable bonds is 3. The Morgan fingerprint density at radius 1 is 1.18 bits per heavy atom. The lowest BCUT2D eigenvalue weighted by atomic mass is 10.0. The Morgan fingerprint density at radius 2 is 1.94 bits per heavy atom. The summed E-state index contributed by atoms with van der Waals surface area (Å²) < 4.78 is 1.82. The Morgan fingerprint density at radius 3 is 2.53 bits per heavy atom. The van der Waals surface area contributed by atoms with Gasteiger partial charge in [0.05, 0.1) is 12.6 Å². The summed E-state index contributed by atoms with van der Waals surface area (Å²) in [7, 11) is 0. The van der Waals surface area contributed by atoms with E-state index in [0.717, 1.165) is 11.3 Å². The number of aliphatic hydroxyl groups excluding tert-OH is 1. The minimum Gasteiger partial charge on any atom is -0.386 e. The largest absolute Gasteiger partial charge is 0.386 e. The van der Waals surface area contributed by atoms with E-state index in [1.54, 1.807) is 6.20 Å². The highest BCUT2D eigenvalue weighted by Gasteiger charge is 2.10. The van der Waals surface area contributed by atoms with Gasteiger partial charge in [-0.2, -0.15) is 5.10 Å². The molecule has 0 aliphatic carbocycles. The fraction of sp³-hybridized carbons (Fsp3) is 0.357. The number of benzene rings is 1. The quantitative estimate of drug-likeness (QED) is 0.880. The summed E-state index contributed by atoms with van der Waals surface area (Å²) in [6, 6.07) is 8.00. The van der Waals surface area contributed by atoms with Crippen LogP contribution in [0.15, 0.2) is 30.5 Å². The van der Waals surface area contributed by atoms with Crippen LogP contribution in [0.5, 0.6) is 0 Å². The van der Waals surface area contributed by atoms with E-state index >= 15 is 0 Å². The topological polar surface area (TPSA) is 38.0 Å². The lowest BCUT2D eigenvalue weighted by Gasteiger charge is -2.14. The molecule has 3 heteroatoms. The van der Waals surface area contributed by atoms with E-state index in [0.29, 0.717) is 6.54 Å². The maximum absolute atomic E-state index is 10.2. The monoisotopic (exact) mass is 230 g/mol. The molecular formula is C14H18N2O. The molecule has 1 heterocycles. The first kappa shape index (κ1) is 11.9. The fourth-order valence-electron chi connectivity index (χ4n) is 1.83. The van der Waals surface area contributed by atoms with E-state index in [4.69, 9.17) is 0 Å². The van der Waals surface area contributed by atoms with Crippen molar-refractivity contribution in [3.05, 3.63) is 52.8 Å². The molecule has 1 atom stereocenters. The Kier molecular flexibility index (Phi) is 3.29. The Balaban J connectivity index is 2.17. The molecule has 0 saturated carbocycles. The summed E-state index contributed by atoms with van der Waals surface area (Å²) >= 11 is 0. The van der Waals surface area contributed by atoms with Crippen LogP contribution in [-0.2, 0) is 6.54 Å². The molecule has 1 N–H and O–H groups in total. The van der Waals surface area contributed by atoms with Crippen LogP contribution < -0.4 is 0 Å². The predicted molar refractivity (Wildman–Crippen MR) is 67.8 cm³/mol. The van der Waals surface area contributed by atoms with Gasteiger partial charge in [0.2, 0.25) is 0 Å². The van der Waals surface area contributed by atoms with Crippen molar-refractivity contribution >= 4 is 0 Å². The number of aryl methyl sites for hydroxylation is 3. The van der Waals surface area contributed by atoms with Crippen molar-refractivity contribution in [1.29, 1.82) is 0 Å². The summed E-state index contributed by atoms with van der Waals surface area (Å²) in [5.41, 5.74) is 4.46. The van der Waals surface area contributed by atoms with Gasteiger partial charge in [0.1, 0.15) is 0 Å². The zero-order valence-corrected chi connectivity index (χ0v) is 10.5.